The van der Waals surface area contributed by atoms with Gasteiger partial charge in [-0.15, -0.1) is 0 Å². The molecule has 1 aromatic heterocycles. The second kappa shape index (κ2) is 8.76. The molecule has 154 valence electrons. The van der Waals surface area contributed by atoms with Crippen molar-refractivity contribution in [2.45, 2.75) is 57.4 Å². The van der Waals surface area contributed by atoms with Crippen LogP contribution >= 0.6 is 0 Å². The summed E-state index contributed by atoms with van der Waals surface area (Å²) < 4.78 is 0. The SMILES string of the molecule is CC(=O)N[C@@H]1CN(C(=O)CCC2CCCC2)C[C@H]1c1nc(-c2ccccc2)n[nH]1. The number of rotatable bonds is 6. The van der Waals surface area contributed by atoms with Crippen molar-refractivity contribution in [3.8, 4) is 11.4 Å². The Hall–Kier alpha value is -2.70. The van der Waals surface area contributed by atoms with Crippen LogP contribution in [0.4, 0.5) is 0 Å². The molecule has 0 bridgehead atoms. The molecule has 2 amide bonds. The van der Waals surface area contributed by atoms with Crippen LogP contribution in [-0.2, 0) is 9.59 Å². The lowest BCUT2D eigenvalue weighted by atomic mass is 10.0. The number of hydrogen-bond donors (Lipinski definition) is 2. The van der Waals surface area contributed by atoms with Crippen LogP contribution in [0.15, 0.2) is 30.3 Å². The minimum Gasteiger partial charge on any atom is -0.351 e. The highest BCUT2D eigenvalue weighted by Gasteiger charge is 2.38. The zero-order valence-corrected chi connectivity index (χ0v) is 16.9. The lowest BCUT2D eigenvalue weighted by molar-refractivity contribution is -0.130. The van der Waals surface area contributed by atoms with E-state index in [0.717, 1.165) is 12.0 Å². The fourth-order valence-corrected chi connectivity index (χ4v) is 4.63. The van der Waals surface area contributed by atoms with Gasteiger partial charge in [-0.25, -0.2) is 4.98 Å². The monoisotopic (exact) mass is 395 g/mol. The van der Waals surface area contributed by atoms with E-state index in [1.54, 1.807) is 0 Å². The highest BCUT2D eigenvalue weighted by atomic mass is 16.2. The van der Waals surface area contributed by atoms with Gasteiger partial charge in [-0.05, 0) is 12.3 Å². The van der Waals surface area contributed by atoms with E-state index in [-0.39, 0.29) is 23.8 Å². The van der Waals surface area contributed by atoms with Crippen LogP contribution in [-0.4, -0.2) is 51.0 Å². The van der Waals surface area contributed by atoms with Gasteiger partial charge in [-0.2, -0.15) is 5.10 Å². The number of carbonyl (C=O) groups excluding carboxylic acids is 2. The summed E-state index contributed by atoms with van der Waals surface area (Å²) in [4.78, 5) is 31.1. The maximum atomic E-state index is 12.8. The van der Waals surface area contributed by atoms with Gasteiger partial charge in [0.2, 0.25) is 11.8 Å². The quantitative estimate of drug-likeness (QED) is 0.787. The van der Waals surface area contributed by atoms with Crippen molar-refractivity contribution in [2.24, 2.45) is 5.92 Å². The molecule has 2 heterocycles. The molecule has 1 saturated carbocycles. The van der Waals surface area contributed by atoms with Crippen molar-refractivity contribution in [2.75, 3.05) is 13.1 Å². The summed E-state index contributed by atoms with van der Waals surface area (Å²) in [6.07, 6.45) is 6.67. The van der Waals surface area contributed by atoms with Crippen molar-refractivity contribution in [3.63, 3.8) is 0 Å². The minimum atomic E-state index is -0.153. The molecule has 2 aromatic rings. The van der Waals surface area contributed by atoms with E-state index in [9.17, 15) is 9.59 Å². The largest absolute Gasteiger partial charge is 0.351 e. The van der Waals surface area contributed by atoms with Crippen LogP contribution < -0.4 is 5.32 Å². The fraction of sp³-hybridized carbons (Fsp3) is 0.545. The summed E-state index contributed by atoms with van der Waals surface area (Å²) in [6.45, 7) is 2.59. The molecule has 0 radical (unpaired) electrons. The van der Waals surface area contributed by atoms with E-state index in [1.807, 2.05) is 35.2 Å². The first-order chi connectivity index (χ1) is 14.1. The molecule has 29 heavy (non-hydrogen) atoms. The van der Waals surface area contributed by atoms with Gasteiger partial charge >= 0.3 is 0 Å². The smallest absolute Gasteiger partial charge is 0.222 e. The lowest BCUT2D eigenvalue weighted by Gasteiger charge is -2.17. The standard InChI is InChI=1S/C22H29N5O2/c1-15(28)23-19-14-27(20(29)12-11-16-7-5-6-8-16)13-18(19)22-24-21(25-26-22)17-9-3-2-4-10-17/h2-4,9-10,16,18-19H,5-8,11-14H2,1H3,(H,23,28)(H,24,25,26)/t18-,19-/m1/s1. The average molecular weight is 396 g/mol. The highest BCUT2D eigenvalue weighted by Crippen LogP contribution is 2.31. The van der Waals surface area contributed by atoms with Crippen molar-refractivity contribution in [1.29, 1.82) is 0 Å². The van der Waals surface area contributed by atoms with Crippen molar-refractivity contribution in [1.82, 2.24) is 25.4 Å². The highest BCUT2D eigenvalue weighted by molar-refractivity contribution is 5.77. The zero-order chi connectivity index (χ0) is 20.2. The fourth-order valence-electron chi connectivity index (χ4n) is 4.63. The van der Waals surface area contributed by atoms with Crippen molar-refractivity contribution in [3.05, 3.63) is 36.2 Å². The van der Waals surface area contributed by atoms with Gasteiger partial charge in [0.05, 0.1) is 12.0 Å². The molecular weight excluding hydrogens is 366 g/mol. The summed E-state index contributed by atoms with van der Waals surface area (Å²) in [5, 5.41) is 10.4. The topological polar surface area (TPSA) is 91.0 Å². The molecule has 4 rings (SSSR count). The molecule has 1 aliphatic heterocycles. The number of carbonyl (C=O) groups is 2. The Morgan fingerprint density at radius 2 is 1.93 bits per heavy atom. The summed E-state index contributed by atoms with van der Waals surface area (Å²) in [5.74, 6) is 2.05. The van der Waals surface area contributed by atoms with E-state index in [4.69, 9.17) is 0 Å². The second-order valence-electron chi connectivity index (χ2n) is 8.31. The molecule has 1 aliphatic carbocycles. The molecule has 2 aliphatic rings. The van der Waals surface area contributed by atoms with Crippen LogP contribution in [0.25, 0.3) is 11.4 Å². The van der Waals surface area contributed by atoms with Crippen LogP contribution in [0.5, 0.6) is 0 Å². The first-order valence-corrected chi connectivity index (χ1v) is 10.6. The normalized spacial score (nSPS) is 22.2. The Bertz CT molecular complexity index is 844. The average Bonchev–Trinajstić information content (AvgIpc) is 3.47. The molecule has 1 aromatic carbocycles. The molecule has 7 heteroatoms. The van der Waals surface area contributed by atoms with Gasteiger partial charge < -0.3 is 10.2 Å². The third-order valence-corrected chi connectivity index (χ3v) is 6.19. The number of nitrogens with zero attached hydrogens (tertiary/aromatic N) is 3. The first-order valence-electron chi connectivity index (χ1n) is 10.6. The Morgan fingerprint density at radius 3 is 2.66 bits per heavy atom. The number of amides is 2. The second-order valence-corrected chi connectivity index (χ2v) is 8.31. The van der Waals surface area contributed by atoms with Gasteiger partial charge in [-0.1, -0.05) is 56.0 Å². The predicted molar refractivity (Wildman–Crippen MR) is 110 cm³/mol. The van der Waals surface area contributed by atoms with Crippen molar-refractivity contribution < 1.29 is 9.59 Å². The summed E-state index contributed by atoms with van der Waals surface area (Å²) >= 11 is 0. The molecule has 0 spiro atoms. The number of likely N-dealkylation sites (tertiary alicyclic amines) is 1. The van der Waals surface area contributed by atoms with Gasteiger partial charge in [0.25, 0.3) is 0 Å². The molecule has 7 nitrogen and oxygen atoms in total. The number of aromatic nitrogens is 3. The summed E-state index contributed by atoms with van der Waals surface area (Å²) in [7, 11) is 0. The van der Waals surface area contributed by atoms with Crippen LogP contribution in [0.1, 0.15) is 57.2 Å². The maximum absolute atomic E-state index is 12.8. The van der Waals surface area contributed by atoms with Gasteiger partial charge in [0, 0.05) is 32.0 Å². The lowest BCUT2D eigenvalue weighted by Crippen LogP contribution is -2.39. The molecule has 1 saturated heterocycles. The third kappa shape index (κ3) is 4.66. The number of nitrogens with one attached hydrogen (secondary N) is 2. The predicted octanol–water partition coefficient (Wildman–Crippen LogP) is 2.87. The molecule has 2 fully saturated rings. The van der Waals surface area contributed by atoms with Crippen LogP contribution in [0.3, 0.4) is 0 Å². The molecule has 2 atom stereocenters. The number of hydrogen-bond acceptors (Lipinski definition) is 4. The Labute approximate surface area is 171 Å². The van der Waals surface area contributed by atoms with Gasteiger partial charge in [0.1, 0.15) is 5.82 Å². The summed E-state index contributed by atoms with van der Waals surface area (Å²) in [5.41, 5.74) is 0.938. The molecular formula is C22H29N5O2. The zero-order valence-electron chi connectivity index (χ0n) is 16.9. The first kappa shape index (κ1) is 19.6. The van der Waals surface area contributed by atoms with Crippen LogP contribution in [0.2, 0.25) is 0 Å². The van der Waals surface area contributed by atoms with E-state index in [1.165, 1.54) is 32.6 Å². The maximum Gasteiger partial charge on any atom is 0.222 e. The van der Waals surface area contributed by atoms with Gasteiger partial charge in [0.15, 0.2) is 5.82 Å². The third-order valence-electron chi connectivity index (χ3n) is 6.19. The summed E-state index contributed by atoms with van der Waals surface area (Å²) in [6, 6.07) is 9.63. The Morgan fingerprint density at radius 1 is 1.17 bits per heavy atom. The molecule has 0 unspecified atom stereocenters. The van der Waals surface area contributed by atoms with E-state index < -0.39 is 0 Å². The van der Waals surface area contributed by atoms with E-state index in [2.05, 4.69) is 20.5 Å². The number of H-pyrrole nitrogens is 1. The molecule has 2 N–H and O–H groups in total. The van der Waals surface area contributed by atoms with E-state index >= 15 is 0 Å². The van der Waals surface area contributed by atoms with Crippen molar-refractivity contribution >= 4 is 11.8 Å². The number of benzene rings is 1. The van der Waals surface area contributed by atoms with E-state index in [0.29, 0.717) is 37.1 Å². The van der Waals surface area contributed by atoms with Crippen LogP contribution in [0, 0.1) is 5.92 Å². The Kier molecular flexibility index (Phi) is 5.92. The Balaban J connectivity index is 1.45. The number of aromatic amines is 1. The van der Waals surface area contributed by atoms with Gasteiger partial charge in [-0.3, -0.25) is 14.7 Å². The minimum absolute atomic E-state index is 0.0840.